The van der Waals surface area contributed by atoms with Crippen LogP contribution in [0.4, 0.5) is 4.79 Å². The summed E-state index contributed by atoms with van der Waals surface area (Å²) in [6.45, 7) is 12.3. The van der Waals surface area contributed by atoms with Crippen molar-refractivity contribution < 1.29 is 9.53 Å². The van der Waals surface area contributed by atoms with E-state index in [0.29, 0.717) is 12.5 Å². The van der Waals surface area contributed by atoms with Gasteiger partial charge in [-0.05, 0) is 65.2 Å². The van der Waals surface area contributed by atoms with Gasteiger partial charge < -0.3 is 19.9 Å². The highest BCUT2D eigenvalue weighted by atomic mass is 127. The van der Waals surface area contributed by atoms with Crippen LogP contribution in [0.15, 0.2) is 4.99 Å². The summed E-state index contributed by atoms with van der Waals surface area (Å²) in [5.41, 5.74) is -0.437. The fourth-order valence-corrected chi connectivity index (χ4v) is 3.19. The Morgan fingerprint density at radius 3 is 2.27 bits per heavy atom. The molecule has 6 nitrogen and oxygen atoms in total. The number of piperidine rings is 1. The molecule has 0 atom stereocenters. The molecule has 2 aliphatic rings. The summed E-state index contributed by atoms with van der Waals surface area (Å²) in [6, 6.07) is 0. The van der Waals surface area contributed by atoms with Crippen molar-refractivity contribution in [2.24, 2.45) is 16.8 Å². The maximum absolute atomic E-state index is 12.3. The van der Waals surface area contributed by atoms with Crippen LogP contribution in [-0.4, -0.2) is 67.2 Å². The van der Waals surface area contributed by atoms with Crippen LogP contribution >= 0.6 is 24.0 Å². The highest BCUT2D eigenvalue weighted by molar-refractivity contribution is 14.0. The van der Waals surface area contributed by atoms with Crippen molar-refractivity contribution >= 4 is 36.0 Å². The van der Waals surface area contributed by atoms with Gasteiger partial charge in [-0.15, -0.1) is 24.0 Å². The molecule has 0 aromatic carbocycles. The number of carbonyl (C=O) groups is 1. The molecular formula is C19H37IN4O2. The molecule has 2 rings (SSSR count). The minimum Gasteiger partial charge on any atom is -0.444 e. The molecule has 1 N–H and O–H groups in total. The van der Waals surface area contributed by atoms with Gasteiger partial charge in [0.2, 0.25) is 0 Å². The molecule has 2 fully saturated rings. The third-order valence-electron chi connectivity index (χ3n) is 4.88. The zero-order valence-electron chi connectivity index (χ0n) is 17.1. The number of ether oxygens (including phenoxy) is 1. The summed E-state index contributed by atoms with van der Waals surface area (Å²) in [7, 11) is 1.86. The van der Waals surface area contributed by atoms with Crippen LogP contribution in [0.5, 0.6) is 0 Å². The van der Waals surface area contributed by atoms with Crippen molar-refractivity contribution in [2.75, 3.05) is 39.8 Å². The van der Waals surface area contributed by atoms with Gasteiger partial charge in [-0.2, -0.15) is 0 Å². The van der Waals surface area contributed by atoms with Gasteiger partial charge in [0, 0.05) is 39.8 Å². The lowest BCUT2D eigenvalue weighted by Gasteiger charge is -2.36. The monoisotopic (exact) mass is 480 g/mol. The second kappa shape index (κ2) is 10.6. The number of aliphatic imine (C=N–C) groups is 1. The second-order valence-corrected chi connectivity index (χ2v) is 8.32. The molecule has 1 heterocycles. The number of hydrogen-bond donors (Lipinski definition) is 1. The van der Waals surface area contributed by atoms with Crippen molar-refractivity contribution in [1.29, 1.82) is 0 Å². The molecule has 7 heteroatoms. The van der Waals surface area contributed by atoms with Crippen LogP contribution in [0.2, 0.25) is 0 Å². The first-order valence-electron chi connectivity index (χ1n) is 9.76. The molecule has 0 radical (unpaired) electrons. The van der Waals surface area contributed by atoms with Gasteiger partial charge in [0.1, 0.15) is 5.60 Å². The van der Waals surface area contributed by atoms with Gasteiger partial charge in [0.25, 0.3) is 0 Å². The third kappa shape index (κ3) is 7.88. The third-order valence-corrected chi connectivity index (χ3v) is 4.88. The predicted molar refractivity (Wildman–Crippen MR) is 117 cm³/mol. The smallest absolute Gasteiger partial charge is 0.410 e. The van der Waals surface area contributed by atoms with E-state index in [0.717, 1.165) is 50.9 Å². The molecule has 1 amide bonds. The first-order valence-corrected chi connectivity index (χ1v) is 9.76. The average molecular weight is 480 g/mol. The molecule has 26 heavy (non-hydrogen) atoms. The highest BCUT2D eigenvalue weighted by Gasteiger charge is 2.28. The van der Waals surface area contributed by atoms with E-state index in [-0.39, 0.29) is 30.1 Å². The van der Waals surface area contributed by atoms with Crippen molar-refractivity contribution in [2.45, 2.75) is 59.0 Å². The molecule has 1 saturated carbocycles. The first-order chi connectivity index (χ1) is 11.8. The van der Waals surface area contributed by atoms with Crippen LogP contribution in [0.25, 0.3) is 0 Å². The standard InChI is InChI=1S/C19H36N4O2.HI/c1-6-22(18(24)25-19(2,3)4)14-16-9-11-23(12-10-16)17(20-5)21-13-15-7-8-15;/h15-16H,6-14H2,1-5H3,(H,20,21);1H. The van der Waals surface area contributed by atoms with Crippen LogP contribution in [0.1, 0.15) is 53.4 Å². The topological polar surface area (TPSA) is 57.2 Å². The lowest BCUT2D eigenvalue weighted by molar-refractivity contribution is 0.0214. The number of nitrogens with zero attached hydrogens (tertiary/aromatic N) is 3. The summed E-state index contributed by atoms with van der Waals surface area (Å²) in [5.74, 6) is 2.41. The number of hydrogen-bond acceptors (Lipinski definition) is 3. The normalized spacial score (nSPS) is 19.0. The summed E-state index contributed by atoms with van der Waals surface area (Å²) >= 11 is 0. The van der Waals surface area contributed by atoms with Crippen molar-refractivity contribution in [3.05, 3.63) is 0 Å². The molecule has 0 bridgehead atoms. The summed E-state index contributed by atoms with van der Waals surface area (Å²) in [4.78, 5) is 20.9. The molecule has 0 spiro atoms. The first kappa shape index (κ1) is 23.3. The fraction of sp³-hybridized carbons (Fsp3) is 0.895. The average Bonchev–Trinajstić information content (AvgIpc) is 3.37. The molecule has 1 saturated heterocycles. The Morgan fingerprint density at radius 1 is 1.19 bits per heavy atom. The number of guanidine groups is 1. The summed E-state index contributed by atoms with van der Waals surface area (Å²) in [5, 5.41) is 3.50. The van der Waals surface area contributed by atoms with Gasteiger partial charge in [0.05, 0.1) is 0 Å². The number of amides is 1. The summed E-state index contributed by atoms with van der Waals surface area (Å²) < 4.78 is 5.52. The van der Waals surface area contributed by atoms with Crippen molar-refractivity contribution in [1.82, 2.24) is 15.1 Å². The number of likely N-dealkylation sites (tertiary alicyclic amines) is 1. The second-order valence-electron chi connectivity index (χ2n) is 8.32. The molecule has 0 aromatic rings. The van der Waals surface area contributed by atoms with E-state index >= 15 is 0 Å². The lowest BCUT2D eigenvalue weighted by Crippen LogP contribution is -2.48. The minimum atomic E-state index is -0.437. The quantitative estimate of drug-likeness (QED) is 0.372. The maximum atomic E-state index is 12.3. The Bertz CT molecular complexity index is 467. The SMILES string of the molecule is CCN(CC1CCN(C(=NC)NCC2CC2)CC1)C(=O)OC(C)(C)C.I. The lowest BCUT2D eigenvalue weighted by atomic mass is 9.96. The Kier molecular flexibility index (Phi) is 9.47. The molecule has 1 aliphatic carbocycles. The fourth-order valence-electron chi connectivity index (χ4n) is 3.19. The van der Waals surface area contributed by atoms with E-state index in [1.54, 1.807) is 0 Å². The molecule has 1 aliphatic heterocycles. The van der Waals surface area contributed by atoms with Crippen LogP contribution < -0.4 is 5.32 Å². The van der Waals surface area contributed by atoms with Crippen LogP contribution in [-0.2, 0) is 4.74 Å². The minimum absolute atomic E-state index is 0. The zero-order valence-corrected chi connectivity index (χ0v) is 19.4. The Labute approximate surface area is 176 Å². The van der Waals surface area contributed by atoms with E-state index in [9.17, 15) is 4.79 Å². The van der Waals surface area contributed by atoms with Crippen LogP contribution in [0, 0.1) is 11.8 Å². The van der Waals surface area contributed by atoms with Gasteiger partial charge in [0.15, 0.2) is 5.96 Å². The van der Waals surface area contributed by atoms with Crippen molar-refractivity contribution in [3.8, 4) is 0 Å². The van der Waals surface area contributed by atoms with Crippen molar-refractivity contribution in [3.63, 3.8) is 0 Å². The molecular weight excluding hydrogens is 443 g/mol. The van der Waals surface area contributed by atoms with E-state index in [4.69, 9.17) is 4.74 Å². The largest absolute Gasteiger partial charge is 0.444 e. The molecule has 0 unspecified atom stereocenters. The van der Waals surface area contributed by atoms with Gasteiger partial charge in [-0.25, -0.2) is 4.79 Å². The number of halogens is 1. The van der Waals surface area contributed by atoms with Gasteiger partial charge in [-0.1, -0.05) is 0 Å². The zero-order chi connectivity index (χ0) is 18.4. The Morgan fingerprint density at radius 2 is 1.81 bits per heavy atom. The van der Waals surface area contributed by atoms with E-state index < -0.39 is 5.60 Å². The van der Waals surface area contributed by atoms with E-state index in [2.05, 4.69) is 15.2 Å². The molecule has 152 valence electrons. The Balaban J connectivity index is 0.00000338. The summed E-state index contributed by atoms with van der Waals surface area (Å²) in [6.07, 6.45) is 4.68. The van der Waals surface area contributed by atoms with E-state index in [1.165, 1.54) is 12.8 Å². The maximum Gasteiger partial charge on any atom is 0.410 e. The Hall–Kier alpha value is -0.730. The predicted octanol–water partition coefficient (Wildman–Crippen LogP) is 3.56. The number of carbonyl (C=O) groups excluding carboxylic acids is 1. The number of nitrogens with one attached hydrogen (secondary N) is 1. The van der Waals surface area contributed by atoms with Gasteiger partial charge in [-0.3, -0.25) is 4.99 Å². The number of rotatable bonds is 5. The molecule has 0 aromatic heterocycles. The van der Waals surface area contributed by atoms with Crippen LogP contribution in [0.3, 0.4) is 0 Å². The van der Waals surface area contributed by atoms with E-state index in [1.807, 2.05) is 39.6 Å². The highest BCUT2D eigenvalue weighted by Crippen LogP contribution is 2.27. The van der Waals surface area contributed by atoms with Gasteiger partial charge >= 0.3 is 6.09 Å².